The first-order valence-corrected chi connectivity index (χ1v) is 9.42. The van der Waals surface area contributed by atoms with Crippen molar-refractivity contribution in [2.45, 2.75) is 18.8 Å². The normalized spacial score (nSPS) is 17.9. The first kappa shape index (κ1) is 17.8. The zero-order valence-electron chi connectivity index (χ0n) is 15.6. The molecule has 4 rings (SSSR count). The molecule has 0 N–H and O–H groups in total. The Morgan fingerprint density at radius 3 is 2.29 bits per heavy atom. The summed E-state index contributed by atoms with van der Waals surface area (Å²) in [7, 11) is 0. The van der Waals surface area contributed by atoms with Gasteiger partial charge in [0, 0.05) is 12.3 Å². The molecule has 0 saturated carbocycles. The molecule has 0 bridgehead atoms. The largest absolute Gasteiger partial charge is 0.197 e. The number of allylic oxidation sites excluding steroid dienone is 3. The lowest BCUT2D eigenvalue weighted by Crippen LogP contribution is -2.22. The number of rotatable bonds is 4. The molecule has 2 heteroatoms. The molecule has 2 nitrogen and oxygen atoms in total. The minimum Gasteiger partial charge on any atom is -0.197 e. The SMILES string of the molecule is C=CCC1=C(c2ccccc2)C(c2ccc3ccccc3c2)C(C#N)(C#N)C1. The standard InChI is InChI=1S/C26H20N2/c1-2-8-23-16-26(17-27,18-28)25(24(23)20-10-4-3-5-11-20)22-14-13-19-9-6-7-12-21(19)15-22/h2-7,9-15,25H,1,8,16H2. The molecule has 28 heavy (non-hydrogen) atoms. The first-order valence-electron chi connectivity index (χ1n) is 9.42. The van der Waals surface area contributed by atoms with E-state index in [1.54, 1.807) is 0 Å². The van der Waals surface area contributed by atoms with Crippen LogP contribution in [-0.4, -0.2) is 0 Å². The van der Waals surface area contributed by atoms with Gasteiger partial charge in [-0.3, -0.25) is 0 Å². The number of benzene rings is 3. The zero-order valence-corrected chi connectivity index (χ0v) is 15.6. The molecule has 0 aromatic heterocycles. The smallest absolute Gasteiger partial charge is 0.158 e. The number of hydrogen-bond donors (Lipinski definition) is 0. The van der Waals surface area contributed by atoms with E-state index in [9.17, 15) is 10.5 Å². The molecule has 134 valence electrons. The summed E-state index contributed by atoms with van der Waals surface area (Å²) < 4.78 is 0. The van der Waals surface area contributed by atoms with E-state index < -0.39 is 5.41 Å². The minimum atomic E-state index is -1.11. The summed E-state index contributed by atoms with van der Waals surface area (Å²) in [6, 6.07) is 29.3. The minimum absolute atomic E-state index is 0.288. The highest BCUT2D eigenvalue weighted by molar-refractivity contribution is 5.86. The Morgan fingerprint density at radius 2 is 1.61 bits per heavy atom. The van der Waals surface area contributed by atoms with Gasteiger partial charge in [0.2, 0.25) is 0 Å². The second-order valence-electron chi connectivity index (χ2n) is 7.29. The van der Waals surface area contributed by atoms with Crippen LogP contribution in [0.2, 0.25) is 0 Å². The summed E-state index contributed by atoms with van der Waals surface area (Å²) in [4.78, 5) is 0. The Kier molecular flexibility index (Phi) is 4.56. The Hall–Kier alpha value is -3.62. The molecule has 1 unspecified atom stereocenters. The summed E-state index contributed by atoms with van der Waals surface area (Å²) in [5, 5.41) is 22.4. The van der Waals surface area contributed by atoms with Gasteiger partial charge >= 0.3 is 0 Å². The monoisotopic (exact) mass is 360 g/mol. The fraction of sp³-hybridized carbons (Fsp3) is 0.154. The van der Waals surface area contributed by atoms with Gasteiger partial charge in [0.15, 0.2) is 5.41 Å². The van der Waals surface area contributed by atoms with Crippen LogP contribution in [0.25, 0.3) is 16.3 Å². The maximum Gasteiger partial charge on any atom is 0.158 e. The van der Waals surface area contributed by atoms with Gasteiger partial charge in [0.25, 0.3) is 0 Å². The third kappa shape index (κ3) is 2.81. The second-order valence-corrected chi connectivity index (χ2v) is 7.29. The first-order chi connectivity index (χ1) is 13.7. The fourth-order valence-corrected chi connectivity index (χ4v) is 4.40. The van der Waals surface area contributed by atoms with Crippen LogP contribution < -0.4 is 0 Å². The molecule has 0 fully saturated rings. The van der Waals surface area contributed by atoms with Crippen molar-refractivity contribution < 1.29 is 0 Å². The molecule has 1 atom stereocenters. The van der Waals surface area contributed by atoms with Gasteiger partial charge in [0.1, 0.15) is 0 Å². The average molecular weight is 360 g/mol. The molecule has 1 aliphatic rings. The lowest BCUT2D eigenvalue weighted by Gasteiger charge is -2.25. The molecular formula is C26H20N2. The van der Waals surface area contributed by atoms with E-state index in [-0.39, 0.29) is 5.92 Å². The van der Waals surface area contributed by atoms with Crippen molar-refractivity contribution in [3.63, 3.8) is 0 Å². The Labute approximate surface area is 165 Å². The highest BCUT2D eigenvalue weighted by Crippen LogP contribution is 2.56. The van der Waals surface area contributed by atoms with Crippen LogP contribution in [0.4, 0.5) is 0 Å². The molecule has 0 amide bonds. The Balaban J connectivity index is 1.98. The molecule has 0 heterocycles. The van der Waals surface area contributed by atoms with Gasteiger partial charge in [-0.1, -0.05) is 84.4 Å². The van der Waals surface area contributed by atoms with Crippen LogP contribution in [0.5, 0.6) is 0 Å². The molecule has 0 aliphatic heterocycles. The lowest BCUT2D eigenvalue weighted by molar-refractivity contribution is 0.502. The van der Waals surface area contributed by atoms with Crippen molar-refractivity contribution in [2.24, 2.45) is 5.41 Å². The van der Waals surface area contributed by atoms with Crippen LogP contribution >= 0.6 is 0 Å². The number of nitriles is 2. The van der Waals surface area contributed by atoms with E-state index in [4.69, 9.17) is 0 Å². The topological polar surface area (TPSA) is 47.6 Å². The van der Waals surface area contributed by atoms with Crippen LogP contribution in [0.1, 0.15) is 29.9 Å². The van der Waals surface area contributed by atoms with E-state index in [1.165, 1.54) is 0 Å². The summed E-state index contributed by atoms with van der Waals surface area (Å²) in [5.41, 5.74) is 3.21. The van der Waals surface area contributed by atoms with Crippen LogP contribution in [0.3, 0.4) is 0 Å². The molecule has 0 saturated heterocycles. The number of fused-ring (bicyclic) bond motifs is 1. The lowest BCUT2D eigenvalue weighted by atomic mass is 9.72. The van der Waals surface area contributed by atoms with Gasteiger partial charge < -0.3 is 0 Å². The van der Waals surface area contributed by atoms with E-state index in [0.29, 0.717) is 12.8 Å². The summed E-state index contributed by atoms with van der Waals surface area (Å²) in [6.45, 7) is 3.89. The van der Waals surface area contributed by atoms with Crippen LogP contribution in [0.15, 0.2) is 91.0 Å². The molecule has 3 aromatic carbocycles. The van der Waals surface area contributed by atoms with Crippen LogP contribution in [0, 0.1) is 28.1 Å². The van der Waals surface area contributed by atoms with E-state index in [0.717, 1.165) is 33.0 Å². The quantitative estimate of drug-likeness (QED) is 0.506. The number of hydrogen-bond acceptors (Lipinski definition) is 2. The fourth-order valence-electron chi connectivity index (χ4n) is 4.40. The average Bonchev–Trinajstić information content (AvgIpc) is 3.09. The van der Waals surface area contributed by atoms with Gasteiger partial charge in [-0.2, -0.15) is 10.5 Å². The van der Waals surface area contributed by atoms with Crippen molar-refractivity contribution >= 4 is 16.3 Å². The van der Waals surface area contributed by atoms with Crippen molar-refractivity contribution in [3.8, 4) is 12.1 Å². The van der Waals surface area contributed by atoms with Gasteiger partial charge in [-0.05, 0) is 33.9 Å². The molecule has 0 spiro atoms. The van der Waals surface area contributed by atoms with Gasteiger partial charge in [-0.25, -0.2) is 0 Å². The summed E-state index contributed by atoms with van der Waals surface area (Å²) in [6.07, 6.45) is 2.99. The third-order valence-electron chi connectivity index (χ3n) is 5.64. The summed E-state index contributed by atoms with van der Waals surface area (Å²) in [5.74, 6) is -0.288. The predicted octanol–water partition coefficient (Wildman–Crippen LogP) is 6.39. The Morgan fingerprint density at radius 1 is 0.929 bits per heavy atom. The highest BCUT2D eigenvalue weighted by Gasteiger charge is 2.49. The molecule has 1 aliphatic carbocycles. The van der Waals surface area contributed by atoms with Crippen LogP contribution in [-0.2, 0) is 0 Å². The van der Waals surface area contributed by atoms with E-state index in [1.807, 2.05) is 36.4 Å². The third-order valence-corrected chi connectivity index (χ3v) is 5.64. The highest BCUT2D eigenvalue weighted by atomic mass is 14.5. The number of nitrogens with zero attached hydrogens (tertiary/aromatic N) is 2. The van der Waals surface area contributed by atoms with Crippen molar-refractivity contribution in [2.75, 3.05) is 0 Å². The summed E-state index contributed by atoms with van der Waals surface area (Å²) >= 11 is 0. The van der Waals surface area contributed by atoms with Crippen molar-refractivity contribution in [3.05, 3.63) is 102 Å². The van der Waals surface area contributed by atoms with Gasteiger partial charge in [0.05, 0.1) is 12.1 Å². The van der Waals surface area contributed by atoms with Gasteiger partial charge in [-0.15, -0.1) is 6.58 Å². The predicted molar refractivity (Wildman–Crippen MR) is 113 cm³/mol. The maximum atomic E-state index is 10.1. The van der Waals surface area contributed by atoms with Crippen molar-refractivity contribution in [1.29, 1.82) is 10.5 Å². The second kappa shape index (κ2) is 7.18. The molecule has 0 radical (unpaired) electrons. The maximum absolute atomic E-state index is 10.1. The zero-order chi connectivity index (χ0) is 19.6. The molecule has 3 aromatic rings. The van der Waals surface area contributed by atoms with E-state index >= 15 is 0 Å². The molecular weight excluding hydrogens is 340 g/mol. The van der Waals surface area contributed by atoms with Crippen molar-refractivity contribution in [1.82, 2.24) is 0 Å². The Bertz CT molecular complexity index is 1140. The van der Waals surface area contributed by atoms with E-state index in [2.05, 4.69) is 61.2 Å².